The molecule has 0 bridgehead atoms. The average molecular weight is 793 g/mol. The van der Waals surface area contributed by atoms with Crippen molar-refractivity contribution in [1.29, 1.82) is 0 Å². The van der Waals surface area contributed by atoms with E-state index < -0.39 is 0 Å². The van der Waals surface area contributed by atoms with Crippen LogP contribution in [0.1, 0.15) is 178 Å². The van der Waals surface area contributed by atoms with Crippen molar-refractivity contribution in [2.24, 2.45) is 11.3 Å². The molecule has 6 fully saturated rings. The third-order valence-electron chi connectivity index (χ3n) is 12.0. The number of rotatable bonds is 0. The van der Waals surface area contributed by atoms with Crippen LogP contribution in [0.4, 0.5) is 0 Å². The molecule has 0 aromatic rings. The molecule has 0 aromatic heterocycles. The molecule has 6 rings (SSSR count). The Bertz CT molecular complexity index is 1100. The largest absolute Gasteiger partial charge is 0.379 e. The zero-order valence-corrected chi connectivity index (χ0v) is 42.0. The van der Waals surface area contributed by atoms with Gasteiger partial charge in [0.25, 0.3) is 0 Å². The van der Waals surface area contributed by atoms with Gasteiger partial charge in [-0.15, -0.1) is 0 Å². The highest BCUT2D eigenvalue weighted by Gasteiger charge is 2.39. The fraction of sp³-hybridized carbons (Fsp3) is 0.979. The highest BCUT2D eigenvalue weighted by atomic mass is 16.5. The molecule has 0 aromatic carbocycles. The predicted octanol–water partition coefficient (Wildman–Crippen LogP) is 9.76. The molecule has 1 atom stereocenters. The Morgan fingerprint density at radius 3 is 1.07 bits per heavy atom. The number of hydrogen-bond donors (Lipinski definition) is 0. The second-order valence-electron chi connectivity index (χ2n) is 24.5. The molecule has 1 unspecified atom stereocenters. The topological polar surface area (TPSA) is 45.7 Å². The maximum Gasteiger partial charge on any atom is 0.223 e. The zero-order chi connectivity index (χ0) is 43.7. The van der Waals surface area contributed by atoms with E-state index in [0.29, 0.717) is 39.0 Å². The minimum absolute atomic E-state index is 0.0353. The highest BCUT2D eigenvalue weighted by Crippen LogP contribution is 2.34. The van der Waals surface area contributed by atoms with Gasteiger partial charge < -0.3 is 9.64 Å². The average Bonchev–Trinajstić information content (AvgIpc) is 3.38. The summed E-state index contributed by atoms with van der Waals surface area (Å²) in [6.07, 6.45) is 4.57. The van der Waals surface area contributed by atoms with Crippen LogP contribution in [-0.2, 0) is 9.53 Å². The van der Waals surface area contributed by atoms with Gasteiger partial charge in [0.05, 0.1) is 13.2 Å². The minimum atomic E-state index is 0.0353. The van der Waals surface area contributed by atoms with Crippen LogP contribution in [0, 0.1) is 11.3 Å². The zero-order valence-electron chi connectivity index (χ0n) is 42.0. The Morgan fingerprint density at radius 1 is 0.518 bits per heavy atom. The lowest BCUT2D eigenvalue weighted by atomic mass is 9.81. The van der Waals surface area contributed by atoms with Crippen molar-refractivity contribution in [2.45, 2.75) is 217 Å². The Labute approximate surface area is 351 Å². The first-order valence-electron chi connectivity index (χ1n) is 22.7. The van der Waals surface area contributed by atoms with Gasteiger partial charge in [-0.25, -0.2) is 0 Å². The molecule has 0 N–H and O–H groups in total. The van der Waals surface area contributed by atoms with Crippen LogP contribution in [0.5, 0.6) is 0 Å². The molecule has 334 valence electrons. The van der Waals surface area contributed by atoms with Gasteiger partial charge in [0.2, 0.25) is 5.91 Å². The molecule has 0 saturated carbocycles. The number of carbonyl (C=O) groups excluding carboxylic acids is 1. The predicted molar refractivity (Wildman–Crippen MR) is 245 cm³/mol. The molecule has 8 heteroatoms. The highest BCUT2D eigenvalue weighted by molar-refractivity contribution is 5.78. The molecule has 6 saturated heterocycles. The summed E-state index contributed by atoms with van der Waals surface area (Å²) in [6, 6.07) is 0.824. The van der Waals surface area contributed by atoms with Gasteiger partial charge in [-0.2, -0.15) is 0 Å². The van der Waals surface area contributed by atoms with E-state index in [0.717, 1.165) is 57.6 Å². The summed E-state index contributed by atoms with van der Waals surface area (Å²) in [6.45, 7) is 63.5. The van der Waals surface area contributed by atoms with E-state index in [1.54, 1.807) is 0 Å². The normalized spacial score (nSPS) is 24.4. The van der Waals surface area contributed by atoms with Crippen LogP contribution in [0.15, 0.2) is 0 Å². The van der Waals surface area contributed by atoms with Gasteiger partial charge >= 0.3 is 0 Å². The Morgan fingerprint density at radius 2 is 0.946 bits per heavy atom. The van der Waals surface area contributed by atoms with E-state index in [1.165, 1.54) is 58.7 Å². The monoisotopic (exact) mass is 793 g/mol. The summed E-state index contributed by atoms with van der Waals surface area (Å²) in [4.78, 5) is 25.6. The summed E-state index contributed by atoms with van der Waals surface area (Å²) in [5.41, 5.74) is 2.56. The summed E-state index contributed by atoms with van der Waals surface area (Å²) in [5, 5.41) is 0. The van der Waals surface area contributed by atoms with E-state index in [-0.39, 0.29) is 5.54 Å². The number of nitrogens with zero attached hydrogens (tertiary/aromatic N) is 6. The van der Waals surface area contributed by atoms with Gasteiger partial charge in [0.1, 0.15) is 0 Å². The van der Waals surface area contributed by atoms with Gasteiger partial charge in [0.15, 0.2) is 0 Å². The van der Waals surface area contributed by atoms with E-state index in [4.69, 9.17) is 4.74 Å². The Balaban J connectivity index is 0.000000337. The van der Waals surface area contributed by atoms with Crippen LogP contribution >= 0.6 is 0 Å². The molecule has 0 aliphatic carbocycles. The number of ether oxygens (including phenoxy) is 1. The van der Waals surface area contributed by atoms with Crippen LogP contribution < -0.4 is 0 Å². The van der Waals surface area contributed by atoms with Crippen molar-refractivity contribution in [3.8, 4) is 0 Å². The quantitative estimate of drug-likeness (QED) is 0.242. The van der Waals surface area contributed by atoms with Gasteiger partial charge in [-0.3, -0.25) is 29.3 Å². The van der Waals surface area contributed by atoms with Crippen molar-refractivity contribution >= 4 is 5.91 Å². The van der Waals surface area contributed by atoms with Crippen molar-refractivity contribution in [3.05, 3.63) is 0 Å². The van der Waals surface area contributed by atoms with E-state index in [9.17, 15) is 4.79 Å². The van der Waals surface area contributed by atoms with Crippen LogP contribution in [0.3, 0.4) is 0 Å². The number of likely N-dealkylation sites (tertiary alicyclic amines) is 5. The standard InChI is InChI=1S/C9H19N.C8H17NO.C8H15NO.2C8H17N.C7H15N/c1-8(2,3)10-6-9(4,5)7-10;1-8(2,3)9-4-6-10-7-5-9;1-8(2,3)9-6-4-5-7(9)10;1-7-5-9(6-7)8(2,3)4;1-7-5-6-9(7)8(2,3)4;1-7(2,3)8-5-4-6-8/h6-7H2,1-5H3;4-7H2,1-3H3;4-6H2,1-3H3;2*7H,5-6H2,1-4H3;4-6H2,1-3H3. The lowest BCUT2D eigenvalue weighted by molar-refractivity contribution is -0.131. The maximum absolute atomic E-state index is 11.1. The van der Waals surface area contributed by atoms with E-state index >= 15 is 0 Å². The minimum Gasteiger partial charge on any atom is -0.379 e. The molecular formula is C48H100N6O2. The van der Waals surface area contributed by atoms with Gasteiger partial charge in [-0.1, -0.05) is 20.8 Å². The lowest BCUT2D eigenvalue weighted by Crippen LogP contribution is -2.60. The van der Waals surface area contributed by atoms with Gasteiger partial charge in [-0.05, 0) is 175 Å². The Hall–Kier alpha value is -0.770. The molecule has 6 aliphatic rings. The first kappa shape index (κ1) is 53.2. The summed E-state index contributed by atoms with van der Waals surface area (Å²) in [5.74, 6) is 1.25. The second kappa shape index (κ2) is 21.2. The number of carbonyl (C=O) groups is 1. The smallest absolute Gasteiger partial charge is 0.223 e. The second-order valence-corrected chi connectivity index (χ2v) is 24.5. The summed E-state index contributed by atoms with van der Waals surface area (Å²) >= 11 is 0. The molecule has 0 spiro atoms. The first-order chi connectivity index (χ1) is 25.1. The fourth-order valence-corrected chi connectivity index (χ4v) is 7.80. The van der Waals surface area contributed by atoms with E-state index in [2.05, 4.69) is 177 Å². The molecule has 56 heavy (non-hydrogen) atoms. The van der Waals surface area contributed by atoms with Crippen LogP contribution in [-0.4, -0.2) is 153 Å². The maximum atomic E-state index is 11.1. The molecule has 6 heterocycles. The summed E-state index contributed by atoms with van der Waals surface area (Å²) in [7, 11) is 0. The molecule has 6 aliphatic heterocycles. The third kappa shape index (κ3) is 19.5. The molecule has 1 amide bonds. The molecular weight excluding hydrogens is 693 g/mol. The van der Waals surface area contributed by atoms with Crippen molar-refractivity contribution < 1.29 is 9.53 Å². The molecule has 8 nitrogen and oxygen atoms in total. The van der Waals surface area contributed by atoms with Crippen molar-refractivity contribution in [2.75, 3.05) is 78.7 Å². The number of amides is 1. The van der Waals surface area contributed by atoms with Crippen molar-refractivity contribution in [3.63, 3.8) is 0 Å². The third-order valence-corrected chi connectivity index (χ3v) is 12.0. The summed E-state index contributed by atoms with van der Waals surface area (Å²) < 4.78 is 5.25. The molecule has 0 radical (unpaired) electrons. The fourth-order valence-electron chi connectivity index (χ4n) is 7.80. The first-order valence-corrected chi connectivity index (χ1v) is 22.7. The van der Waals surface area contributed by atoms with Crippen LogP contribution in [0.2, 0.25) is 0 Å². The Kier molecular flexibility index (Phi) is 20.1. The van der Waals surface area contributed by atoms with E-state index in [1.807, 2.05) is 4.90 Å². The number of morpholine rings is 1. The van der Waals surface area contributed by atoms with Crippen LogP contribution in [0.25, 0.3) is 0 Å². The van der Waals surface area contributed by atoms with Crippen molar-refractivity contribution in [1.82, 2.24) is 29.4 Å². The SMILES string of the molecule is CC(C)(C)N1CCC1.CC(C)(C)N1CCCC1=O.CC(C)(C)N1CCOCC1.CC1(C)CN(C(C)(C)C)C1.CC1CCN1C(C)(C)C.CC1CN(C(C)(C)C)C1. The lowest BCUT2D eigenvalue weighted by Gasteiger charge is -2.52. The number of hydrogen-bond acceptors (Lipinski definition) is 7. The van der Waals surface area contributed by atoms with Gasteiger partial charge in [0, 0.05) is 98.1 Å².